The van der Waals surface area contributed by atoms with Crippen LogP contribution in [0.25, 0.3) is 0 Å². The molecule has 1 N–H and O–H groups in total. The van der Waals surface area contributed by atoms with Crippen molar-refractivity contribution in [3.05, 3.63) is 89.5 Å². The first kappa shape index (κ1) is 17.8. The molecular formula is C22H22O4. The quantitative estimate of drug-likeness (QED) is 0.683. The Hall–Kier alpha value is -2.98. The summed E-state index contributed by atoms with van der Waals surface area (Å²) < 4.78 is 16.5. The lowest BCUT2D eigenvalue weighted by Gasteiger charge is -2.32. The molecule has 0 amide bonds. The molecule has 0 saturated carbocycles. The monoisotopic (exact) mass is 350 g/mol. The summed E-state index contributed by atoms with van der Waals surface area (Å²) in [6, 6.07) is 22.6. The summed E-state index contributed by atoms with van der Waals surface area (Å²) in [5.41, 5.74) is 0.636. The first-order valence-electron chi connectivity index (χ1n) is 8.29. The SMILES string of the molecule is COc1ccc(C(O)(c2ccccc2)c2ccccc2)c(OC)c1OC. The summed E-state index contributed by atoms with van der Waals surface area (Å²) in [6.45, 7) is 0. The Morgan fingerprint density at radius 1 is 0.615 bits per heavy atom. The van der Waals surface area contributed by atoms with Crippen LogP contribution < -0.4 is 14.2 Å². The third-order valence-corrected chi connectivity index (χ3v) is 4.48. The van der Waals surface area contributed by atoms with Crippen LogP contribution in [0.5, 0.6) is 17.2 Å². The predicted octanol–water partition coefficient (Wildman–Crippen LogP) is 4.00. The lowest BCUT2D eigenvalue weighted by molar-refractivity contribution is 0.121. The molecule has 4 heteroatoms. The summed E-state index contributed by atoms with van der Waals surface area (Å²) in [6.07, 6.45) is 0. The molecule has 0 radical (unpaired) electrons. The minimum atomic E-state index is -1.41. The Morgan fingerprint density at radius 2 is 1.12 bits per heavy atom. The van der Waals surface area contributed by atoms with Crippen LogP contribution in [0.4, 0.5) is 0 Å². The van der Waals surface area contributed by atoms with Crippen molar-refractivity contribution in [2.75, 3.05) is 21.3 Å². The molecule has 3 aromatic carbocycles. The van der Waals surface area contributed by atoms with Crippen LogP contribution in [0.15, 0.2) is 72.8 Å². The molecule has 0 fully saturated rings. The van der Waals surface area contributed by atoms with E-state index in [9.17, 15) is 5.11 Å². The molecule has 0 aliphatic heterocycles. The maximum absolute atomic E-state index is 11.9. The van der Waals surface area contributed by atoms with Gasteiger partial charge in [-0.15, -0.1) is 0 Å². The zero-order chi connectivity index (χ0) is 18.6. The normalized spacial score (nSPS) is 11.1. The van der Waals surface area contributed by atoms with Crippen molar-refractivity contribution in [3.8, 4) is 17.2 Å². The highest BCUT2D eigenvalue weighted by Crippen LogP contribution is 2.48. The van der Waals surface area contributed by atoms with Crippen molar-refractivity contribution in [1.82, 2.24) is 0 Å². The van der Waals surface area contributed by atoms with Gasteiger partial charge in [-0.1, -0.05) is 60.7 Å². The van der Waals surface area contributed by atoms with E-state index in [2.05, 4.69) is 0 Å². The fourth-order valence-corrected chi connectivity index (χ4v) is 3.22. The Morgan fingerprint density at radius 3 is 1.54 bits per heavy atom. The van der Waals surface area contributed by atoms with Gasteiger partial charge in [-0.05, 0) is 23.3 Å². The van der Waals surface area contributed by atoms with Gasteiger partial charge in [0.05, 0.1) is 21.3 Å². The Balaban J connectivity index is 2.34. The van der Waals surface area contributed by atoms with Crippen LogP contribution in [0.1, 0.15) is 16.7 Å². The third-order valence-electron chi connectivity index (χ3n) is 4.48. The van der Waals surface area contributed by atoms with Gasteiger partial charge in [0.2, 0.25) is 5.75 Å². The van der Waals surface area contributed by atoms with E-state index in [1.54, 1.807) is 33.5 Å². The van der Waals surface area contributed by atoms with Crippen molar-refractivity contribution in [1.29, 1.82) is 0 Å². The lowest BCUT2D eigenvalue weighted by atomic mass is 9.79. The molecule has 26 heavy (non-hydrogen) atoms. The molecule has 0 saturated heterocycles. The van der Waals surface area contributed by atoms with Crippen LogP contribution >= 0.6 is 0 Å². The van der Waals surface area contributed by atoms with Crippen molar-refractivity contribution >= 4 is 0 Å². The summed E-state index contributed by atoms with van der Waals surface area (Å²) in [7, 11) is 4.67. The molecule has 4 nitrogen and oxygen atoms in total. The van der Waals surface area contributed by atoms with E-state index in [0.29, 0.717) is 22.8 Å². The zero-order valence-corrected chi connectivity index (χ0v) is 15.1. The number of ether oxygens (including phenoxy) is 3. The molecule has 0 atom stereocenters. The Kier molecular flexibility index (Phi) is 5.14. The van der Waals surface area contributed by atoms with Gasteiger partial charge in [-0.2, -0.15) is 0 Å². The van der Waals surface area contributed by atoms with Crippen molar-refractivity contribution in [3.63, 3.8) is 0 Å². The number of hydrogen-bond acceptors (Lipinski definition) is 4. The molecule has 0 aliphatic rings. The molecule has 3 rings (SSSR count). The van der Waals surface area contributed by atoms with Crippen LogP contribution in [-0.2, 0) is 5.60 Å². The van der Waals surface area contributed by atoms with Crippen LogP contribution in [0.2, 0.25) is 0 Å². The van der Waals surface area contributed by atoms with Crippen molar-refractivity contribution < 1.29 is 19.3 Å². The summed E-state index contributed by atoms with van der Waals surface area (Å²) in [5.74, 6) is 1.41. The number of benzene rings is 3. The van der Waals surface area contributed by atoms with Gasteiger partial charge < -0.3 is 19.3 Å². The fraction of sp³-hybridized carbons (Fsp3) is 0.182. The number of rotatable bonds is 6. The maximum atomic E-state index is 11.9. The van der Waals surface area contributed by atoms with Crippen LogP contribution in [0, 0.1) is 0 Å². The van der Waals surface area contributed by atoms with Gasteiger partial charge in [0, 0.05) is 5.56 Å². The lowest BCUT2D eigenvalue weighted by Crippen LogP contribution is -2.29. The summed E-state index contributed by atoms with van der Waals surface area (Å²) in [5, 5.41) is 11.9. The smallest absolute Gasteiger partial charge is 0.203 e. The minimum Gasteiger partial charge on any atom is -0.493 e. The van der Waals surface area contributed by atoms with Crippen LogP contribution in [-0.4, -0.2) is 26.4 Å². The topological polar surface area (TPSA) is 47.9 Å². The number of hydrogen-bond donors (Lipinski definition) is 1. The van der Waals surface area contributed by atoms with E-state index in [1.165, 1.54) is 0 Å². The highest BCUT2D eigenvalue weighted by atomic mass is 16.5. The molecule has 0 unspecified atom stereocenters. The Bertz CT molecular complexity index is 821. The predicted molar refractivity (Wildman–Crippen MR) is 101 cm³/mol. The molecule has 3 aromatic rings. The number of aliphatic hydroxyl groups is 1. The maximum Gasteiger partial charge on any atom is 0.203 e. The molecule has 134 valence electrons. The molecule has 0 bridgehead atoms. The van der Waals surface area contributed by atoms with E-state index in [1.807, 2.05) is 60.7 Å². The van der Waals surface area contributed by atoms with E-state index >= 15 is 0 Å². The van der Waals surface area contributed by atoms with Gasteiger partial charge in [0.1, 0.15) is 5.60 Å². The van der Waals surface area contributed by atoms with Crippen molar-refractivity contribution in [2.45, 2.75) is 5.60 Å². The van der Waals surface area contributed by atoms with Gasteiger partial charge in [0.15, 0.2) is 11.5 Å². The first-order chi connectivity index (χ1) is 12.7. The van der Waals surface area contributed by atoms with Gasteiger partial charge in [0.25, 0.3) is 0 Å². The van der Waals surface area contributed by atoms with Gasteiger partial charge in [-0.25, -0.2) is 0 Å². The average Bonchev–Trinajstić information content (AvgIpc) is 2.73. The molecule has 0 aromatic heterocycles. The van der Waals surface area contributed by atoms with E-state index in [0.717, 1.165) is 11.1 Å². The highest BCUT2D eigenvalue weighted by molar-refractivity contribution is 5.62. The largest absolute Gasteiger partial charge is 0.493 e. The van der Waals surface area contributed by atoms with E-state index in [4.69, 9.17) is 14.2 Å². The summed E-state index contributed by atoms with van der Waals surface area (Å²) >= 11 is 0. The molecular weight excluding hydrogens is 328 g/mol. The van der Waals surface area contributed by atoms with E-state index in [-0.39, 0.29) is 0 Å². The molecule has 0 heterocycles. The molecule has 0 aliphatic carbocycles. The number of methoxy groups -OCH3 is 3. The van der Waals surface area contributed by atoms with Crippen molar-refractivity contribution in [2.24, 2.45) is 0 Å². The first-order valence-corrected chi connectivity index (χ1v) is 8.29. The fourth-order valence-electron chi connectivity index (χ4n) is 3.22. The van der Waals surface area contributed by atoms with E-state index < -0.39 is 5.60 Å². The third kappa shape index (κ3) is 2.89. The zero-order valence-electron chi connectivity index (χ0n) is 15.1. The van der Waals surface area contributed by atoms with Gasteiger partial charge >= 0.3 is 0 Å². The second kappa shape index (κ2) is 7.50. The highest BCUT2D eigenvalue weighted by Gasteiger charge is 2.38. The average molecular weight is 350 g/mol. The van der Waals surface area contributed by atoms with Gasteiger partial charge in [-0.3, -0.25) is 0 Å². The molecule has 0 spiro atoms. The van der Waals surface area contributed by atoms with Crippen LogP contribution in [0.3, 0.4) is 0 Å². The Labute approximate surface area is 153 Å². The second-order valence-electron chi connectivity index (χ2n) is 5.82. The summed E-state index contributed by atoms with van der Waals surface area (Å²) in [4.78, 5) is 0. The minimum absolute atomic E-state index is 0.432. The second-order valence-corrected chi connectivity index (χ2v) is 5.82. The standard InChI is InChI=1S/C22H22O4/c1-24-19-15-14-18(20(25-2)21(19)26-3)22(23,16-10-6-4-7-11-16)17-12-8-5-9-13-17/h4-15,23H,1-3H3.